The third kappa shape index (κ3) is 4.30. The standard InChI is InChI=1S/C15H26N2O/c1-14(2,3)17-11-9-15(4,5)13-12(18-6)8-7-10-16-13/h7-8,10,17H,9,11H2,1-6H3. The quantitative estimate of drug-likeness (QED) is 0.871. The lowest BCUT2D eigenvalue weighted by Crippen LogP contribution is -2.38. The molecular formula is C15H26N2O. The van der Waals surface area contributed by atoms with Gasteiger partial charge in [0.1, 0.15) is 5.75 Å². The maximum absolute atomic E-state index is 5.40. The SMILES string of the molecule is COc1cccnc1C(C)(C)CCNC(C)(C)C. The van der Waals surface area contributed by atoms with E-state index in [0.717, 1.165) is 24.4 Å². The molecule has 0 bridgehead atoms. The van der Waals surface area contributed by atoms with Gasteiger partial charge in [-0.05, 0) is 45.9 Å². The van der Waals surface area contributed by atoms with Crippen LogP contribution in [0.15, 0.2) is 18.3 Å². The fourth-order valence-electron chi connectivity index (χ4n) is 1.93. The zero-order valence-electron chi connectivity index (χ0n) is 12.5. The van der Waals surface area contributed by atoms with Gasteiger partial charge in [-0.1, -0.05) is 13.8 Å². The number of rotatable bonds is 5. The van der Waals surface area contributed by atoms with Crippen molar-refractivity contribution in [2.24, 2.45) is 0 Å². The highest BCUT2D eigenvalue weighted by Gasteiger charge is 2.26. The van der Waals surface area contributed by atoms with E-state index in [2.05, 4.69) is 44.9 Å². The molecule has 3 heteroatoms. The fourth-order valence-corrected chi connectivity index (χ4v) is 1.93. The smallest absolute Gasteiger partial charge is 0.140 e. The third-order valence-electron chi connectivity index (χ3n) is 3.04. The predicted molar refractivity (Wildman–Crippen MR) is 76.2 cm³/mol. The van der Waals surface area contributed by atoms with Crippen molar-refractivity contribution in [2.75, 3.05) is 13.7 Å². The number of nitrogens with zero attached hydrogens (tertiary/aromatic N) is 1. The Hall–Kier alpha value is -1.09. The first-order chi connectivity index (χ1) is 8.26. The van der Waals surface area contributed by atoms with Crippen LogP contribution in [0.4, 0.5) is 0 Å². The first-order valence-electron chi connectivity index (χ1n) is 6.51. The summed E-state index contributed by atoms with van der Waals surface area (Å²) in [6, 6.07) is 3.88. The Morgan fingerprint density at radius 2 is 1.89 bits per heavy atom. The Morgan fingerprint density at radius 1 is 1.22 bits per heavy atom. The molecule has 0 saturated carbocycles. The minimum atomic E-state index is 0.00481. The van der Waals surface area contributed by atoms with E-state index in [9.17, 15) is 0 Å². The van der Waals surface area contributed by atoms with E-state index in [4.69, 9.17) is 4.74 Å². The molecule has 0 radical (unpaired) electrons. The summed E-state index contributed by atoms with van der Waals surface area (Å²) in [7, 11) is 1.70. The van der Waals surface area contributed by atoms with Gasteiger partial charge in [0.25, 0.3) is 0 Å². The summed E-state index contributed by atoms with van der Waals surface area (Å²) in [4.78, 5) is 4.48. The Bertz CT molecular complexity index is 380. The van der Waals surface area contributed by atoms with Gasteiger partial charge in [-0.25, -0.2) is 0 Å². The lowest BCUT2D eigenvalue weighted by molar-refractivity contribution is 0.353. The van der Waals surface area contributed by atoms with Gasteiger partial charge in [0.05, 0.1) is 12.8 Å². The van der Waals surface area contributed by atoms with E-state index in [1.54, 1.807) is 7.11 Å². The average Bonchev–Trinajstić information content (AvgIpc) is 2.27. The van der Waals surface area contributed by atoms with Crippen molar-refractivity contribution in [1.29, 1.82) is 0 Å². The molecule has 1 aromatic heterocycles. The van der Waals surface area contributed by atoms with Crippen molar-refractivity contribution in [2.45, 2.75) is 52.0 Å². The second kappa shape index (κ2) is 5.70. The summed E-state index contributed by atoms with van der Waals surface area (Å²) in [5.41, 5.74) is 1.19. The average molecular weight is 250 g/mol. The van der Waals surface area contributed by atoms with Crippen LogP contribution in [0.2, 0.25) is 0 Å². The molecule has 0 spiro atoms. The lowest BCUT2D eigenvalue weighted by atomic mass is 9.84. The second-order valence-corrected chi connectivity index (χ2v) is 6.36. The third-order valence-corrected chi connectivity index (χ3v) is 3.04. The number of aromatic nitrogens is 1. The predicted octanol–water partition coefficient (Wildman–Crippen LogP) is 3.15. The van der Waals surface area contributed by atoms with Gasteiger partial charge in [-0.2, -0.15) is 0 Å². The molecule has 3 nitrogen and oxygen atoms in total. The van der Waals surface area contributed by atoms with Crippen molar-refractivity contribution in [3.63, 3.8) is 0 Å². The summed E-state index contributed by atoms with van der Waals surface area (Å²) < 4.78 is 5.40. The molecule has 0 fully saturated rings. The molecule has 0 unspecified atom stereocenters. The molecule has 0 aliphatic carbocycles. The number of hydrogen-bond donors (Lipinski definition) is 1. The molecule has 1 heterocycles. The van der Waals surface area contributed by atoms with Crippen molar-refractivity contribution in [3.8, 4) is 5.75 Å². The zero-order chi connectivity index (χ0) is 13.8. The number of nitrogens with one attached hydrogen (secondary N) is 1. The molecule has 0 aliphatic rings. The van der Waals surface area contributed by atoms with Crippen LogP contribution in [0.5, 0.6) is 5.75 Å². The number of hydrogen-bond acceptors (Lipinski definition) is 3. The Balaban J connectivity index is 2.73. The number of ether oxygens (including phenoxy) is 1. The highest BCUT2D eigenvalue weighted by molar-refractivity contribution is 5.32. The summed E-state index contributed by atoms with van der Waals surface area (Å²) >= 11 is 0. The molecule has 18 heavy (non-hydrogen) atoms. The van der Waals surface area contributed by atoms with Crippen LogP contribution in [0, 0.1) is 0 Å². The van der Waals surface area contributed by atoms with Crippen LogP contribution in [0.25, 0.3) is 0 Å². The van der Waals surface area contributed by atoms with E-state index in [1.165, 1.54) is 0 Å². The molecule has 0 amide bonds. The first kappa shape index (κ1) is 15.0. The van der Waals surface area contributed by atoms with Gasteiger partial charge in [-0.15, -0.1) is 0 Å². The van der Waals surface area contributed by atoms with Crippen LogP contribution >= 0.6 is 0 Å². The molecule has 0 saturated heterocycles. The van der Waals surface area contributed by atoms with E-state index in [-0.39, 0.29) is 11.0 Å². The fraction of sp³-hybridized carbons (Fsp3) is 0.667. The van der Waals surface area contributed by atoms with Crippen LogP contribution in [-0.2, 0) is 5.41 Å². The van der Waals surface area contributed by atoms with Crippen molar-refractivity contribution >= 4 is 0 Å². The summed E-state index contributed by atoms with van der Waals surface area (Å²) in [6.45, 7) is 11.9. The second-order valence-electron chi connectivity index (χ2n) is 6.36. The monoisotopic (exact) mass is 250 g/mol. The van der Waals surface area contributed by atoms with Gasteiger partial charge < -0.3 is 10.1 Å². The van der Waals surface area contributed by atoms with E-state index in [0.29, 0.717) is 0 Å². The number of pyridine rings is 1. The highest BCUT2D eigenvalue weighted by atomic mass is 16.5. The number of methoxy groups -OCH3 is 1. The van der Waals surface area contributed by atoms with Gasteiger partial charge >= 0.3 is 0 Å². The summed E-state index contributed by atoms with van der Waals surface area (Å²) in [6.07, 6.45) is 2.86. The maximum atomic E-state index is 5.40. The lowest BCUT2D eigenvalue weighted by Gasteiger charge is -2.28. The Kier molecular flexibility index (Phi) is 4.74. The molecule has 1 rings (SSSR count). The van der Waals surface area contributed by atoms with Crippen molar-refractivity contribution < 1.29 is 4.74 Å². The maximum Gasteiger partial charge on any atom is 0.140 e. The van der Waals surface area contributed by atoms with Gasteiger partial charge in [0, 0.05) is 17.2 Å². The minimum Gasteiger partial charge on any atom is -0.495 e. The zero-order valence-corrected chi connectivity index (χ0v) is 12.5. The van der Waals surface area contributed by atoms with Gasteiger partial charge in [0.2, 0.25) is 0 Å². The highest BCUT2D eigenvalue weighted by Crippen LogP contribution is 2.31. The molecular weight excluding hydrogens is 224 g/mol. The van der Waals surface area contributed by atoms with Crippen LogP contribution < -0.4 is 10.1 Å². The Morgan fingerprint density at radius 3 is 2.44 bits per heavy atom. The molecule has 0 atom stereocenters. The molecule has 0 aromatic carbocycles. The largest absolute Gasteiger partial charge is 0.495 e. The topological polar surface area (TPSA) is 34.1 Å². The molecule has 0 aliphatic heterocycles. The van der Waals surface area contributed by atoms with Crippen LogP contribution in [-0.4, -0.2) is 24.2 Å². The normalized spacial score (nSPS) is 12.6. The van der Waals surface area contributed by atoms with Gasteiger partial charge in [0.15, 0.2) is 0 Å². The van der Waals surface area contributed by atoms with Crippen molar-refractivity contribution in [3.05, 3.63) is 24.0 Å². The molecule has 1 N–H and O–H groups in total. The summed E-state index contributed by atoms with van der Waals surface area (Å²) in [5, 5.41) is 3.52. The minimum absolute atomic E-state index is 0.00481. The van der Waals surface area contributed by atoms with Crippen molar-refractivity contribution in [1.82, 2.24) is 10.3 Å². The Labute approximate surface area is 111 Å². The van der Waals surface area contributed by atoms with E-state index >= 15 is 0 Å². The van der Waals surface area contributed by atoms with Crippen LogP contribution in [0.1, 0.15) is 46.7 Å². The van der Waals surface area contributed by atoms with Crippen LogP contribution in [0.3, 0.4) is 0 Å². The first-order valence-corrected chi connectivity index (χ1v) is 6.51. The molecule has 102 valence electrons. The van der Waals surface area contributed by atoms with E-state index < -0.39 is 0 Å². The molecule has 1 aromatic rings. The summed E-state index contributed by atoms with van der Waals surface area (Å²) in [5.74, 6) is 0.873. The van der Waals surface area contributed by atoms with Gasteiger partial charge in [-0.3, -0.25) is 4.98 Å². The van der Waals surface area contributed by atoms with E-state index in [1.807, 2.05) is 18.3 Å².